The lowest BCUT2D eigenvalue weighted by molar-refractivity contribution is -0.870. The smallest absolute Gasteiger partial charge is 0.350 e. The molecule has 1 aliphatic heterocycles. The second-order valence-corrected chi connectivity index (χ2v) is 8.52. The van der Waals surface area contributed by atoms with Crippen LogP contribution in [0.25, 0.3) is 0 Å². The van der Waals surface area contributed by atoms with Crippen molar-refractivity contribution in [3.8, 4) is 0 Å². The van der Waals surface area contributed by atoms with E-state index in [1.54, 1.807) is 0 Å². The van der Waals surface area contributed by atoms with Crippen LogP contribution in [0.1, 0.15) is 6.42 Å². The van der Waals surface area contributed by atoms with Crippen molar-refractivity contribution < 1.29 is 79.6 Å². The first kappa shape index (κ1) is 31.3. The van der Waals surface area contributed by atoms with Crippen LogP contribution in [0.2, 0.25) is 0 Å². The van der Waals surface area contributed by atoms with Gasteiger partial charge in [-0.25, -0.2) is 8.78 Å². The van der Waals surface area contributed by atoms with E-state index >= 15 is 0 Å². The number of nitrogens with zero attached hydrogens (tertiary/aromatic N) is 2. The number of carbonyl (C=O) groups excluding carboxylic acids is 1. The summed E-state index contributed by atoms with van der Waals surface area (Å²) in [6, 6.07) is -7.70. The van der Waals surface area contributed by atoms with Gasteiger partial charge in [0.2, 0.25) is 0 Å². The summed E-state index contributed by atoms with van der Waals surface area (Å²) in [4.78, 5) is 11.5. The molecule has 1 rings (SSSR count). The summed E-state index contributed by atoms with van der Waals surface area (Å²) < 4.78 is 220. The summed E-state index contributed by atoms with van der Waals surface area (Å²) in [6.45, 7) is -1.08. The number of amides is 1. The van der Waals surface area contributed by atoms with Crippen molar-refractivity contribution in [1.29, 1.82) is 0 Å². The first-order valence-electron chi connectivity index (χ1n) is 8.92. The maximum absolute atomic E-state index is 14.8. The fraction of sp³-hybridized carbons (Fsp3) is 0.933. The zero-order valence-corrected chi connectivity index (χ0v) is 17.5. The number of hydrogen-bond donors (Lipinski definition) is 1. The van der Waals surface area contributed by atoms with E-state index in [0.29, 0.717) is 0 Å². The average Bonchev–Trinajstić information content (AvgIpc) is 2.65. The summed E-state index contributed by atoms with van der Waals surface area (Å²) >= 11 is 0. The van der Waals surface area contributed by atoms with Crippen molar-refractivity contribution in [3.63, 3.8) is 0 Å². The topological polar surface area (TPSA) is 32.3 Å². The standard InChI is InChI=1S/C15H15F16N3O/c1-34(2,3)6-4-5-32-7(35)8(16,17)10(19,20)9(18)11(21,22)12(23,24)15(29,30)33(31)13(9,25)14(26,27)28/h4-6H2,1-3H3/p+1. The Morgan fingerprint density at radius 3 is 1.63 bits per heavy atom. The van der Waals surface area contributed by atoms with Crippen LogP contribution >= 0.6 is 0 Å². The fourth-order valence-electron chi connectivity index (χ4n) is 3.00. The largest absolute Gasteiger partial charge is 0.443 e. The van der Waals surface area contributed by atoms with Crippen LogP contribution < -0.4 is 5.32 Å². The van der Waals surface area contributed by atoms with Crippen LogP contribution in [0, 0.1) is 0 Å². The van der Waals surface area contributed by atoms with Gasteiger partial charge in [-0.2, -0.15) is 57.1 Å². The molecule has 1 fully saturated rings. The molecule has 208 valence electrons. The van der Waals surface area contributed by atoms with E-state index in [1.807, 2.05) is 0 Å². The predicted molar refractivity (Wildman–Crippen MR) is 81.9 cm³/mol. The molecule has 4 nitrogen and oxygen atoms in total. The van der Waals surface area contributed by atoms with Gasteiger partial charge in [0.15, 0.2) is 0 Å². The van der Waals surface area contributed by atoms with Gasteiger partial charge in [0.05, 0.1) is 27.7 Å². The number of nitrogens with one attached hydrogen (secondary N) is 1. The maximum Gasteiger partial charge on any atom is 0.443 e. The third-order valence-corrected chi connectivity index (χ3v) is 4.96. The molecule has 1 amide bonds. The van der Waals surface area contributed by atoms with Gasteiger partial charge < -0.3 is 9.80 Å². The van der Waals surface area contributed by atoms with Gasteiger partial charge in [-0.15, -0.1) is 4.48 Å². The normalized spacial score (nSPS) is 29.7. The summed E-state index contributed by atoms with van der Waals surface area (Å²) in [7, 11) is 4.46. The van der Waals surface area contributed by atoms with E-state index in [0.717, 1.165) is 5.32 Å². The number of quaternary nitrogens is 1. The molecule has 0 bridgehead atoms. The molecule has 0 aromatic carbocycles. The molecule has 0 aliphatic carbocycles. The molecule has 0 radical (unpaired) electrons. The highest BCUT2D eigenvalue weighted by molar-refractivity contribution is 5.85. The molecule has 0 aromatic rings. The van der Waals surface area contributed by atoms with E-state index in [9.17, 15) is 75.1 Å². The van der Waals surface area contributed by atoms with Crippen LogP contribution in [0.15, 0.2) is 0 Å². The second-order valence-electron chi connectivity index (χ2n) is 8.52. The maximum atomic E-state index is 14.8. The number of halogens is 16. The molecule has 2 atom stereocenters. The van der Waals surface area contributed by atoms with Crippen molar-refractivity contribution in [1.82, 2.24) is 10.4 Å². The van der Waals surface area contributed by atoms with Crippen LogP contribution in [-0.4, -0.2) is 97.1 Å². The summed E-state index contributed by atoms with van der Waals surface area (Å²) in [6.07, 6.45) is -8.41. The monoisotopic (exact) mass is 558 g/mol. The first-order valence-corrected chi connectivity index (χ1v) is 8.92. The Balaban J connectivity index is 3.76. The molecule has 2 unspecified atom stereocenters. The van der Waals surface area contributed by atoms with E-state index in [-0.39, 0.29) is 17.4 Å². The lowest BCUT2D eigenvalue weighted by Crippen LogP contribution is -2.91. The second kappa shape index (κ2) is 8.14. The number of alkyl halides is 15. The zero-order chi connectivity index (χ0) is 28.5. The van der Waals surface area contributed by atoms with Crippen LogP contribution in [0.5, 0.6) is 0 Å². The summed E-state index contributed by atoms with van der Waals surface area (Å²) in [5.74, 6) is -43.6. The predicted octanol–water partition coefficient (Wildman–Crippen LogP) is 4.47. The Labute approximate surface area is 185 Å². The third kappa shape index (κ3) is 3.88. The highest BCUT2D eigenvalue weighted by Crippen LogP contribution is 2.71. The van der Waals surface area contributed by atoms with Gasteiger partial charge in [0.25, 0.3) is 5.91 Å². The molecule has 1 N–H and O–H groups in total. The van der Waals surface area contributed by atoms with Gasteiger partial charge in [-0.3, -0.25) is 4.79 Å². The minimum atomic E-state index is -8.53. The molecular weight excluding hydrogens is 542 g/mol. The van der Waals surface area contributed by atoms with Gasteiger partial charge in [-0.1, -0.05) is 0 Å². The lowest BCUT2D eigenvalue weighted by atomic mass is 9.71. The molecule has 20 heteroatoms. The Hall–Kier alpha value is -1.73. The van der Waals surface area contributed by atoms with E-state index in [2.05, 4.69) is 0 Å². The Bertz CT molecular complexity index is 822. The first-order chi connectivity index (χ1) is 15.0. The lowest BCUT2D eigenvalue weighted by Gasteiger charge is -2.56. The summed E-state index contributed by atoms with van der Waals surface area (Å²) in [5.41, 5.74) is -8.53. The molecule has 1 aliphatic rings. The molecule has 0 saturated carbocycles. The average molecular weight is 558 g/mol. The Morgan fingerprint density at radius 2 is 1.26 bits per heavy atom. The van der Waals surface area contributed by atoms with E-state index in [1.165, 1.54) is 21.1 Å². The SMILES string of the molecule is C[N+](C)(C)CCCNC(=O)C(F)(F)C(F)(F)C1(F)C(F)(F)C(F)(F)C(F)(F)N(F)C1(F)C(F)(F)F. The van der Waals surface area contributed by atoms with Crippen LogP contribution in [0.4, 0.5) is 70.3 Å². The van der Waals surface area contributed by atoms with Crippen molar-refractivity contribution in [2.24, 2.45) is 0 Å². The highest BCUT2D eigenvalue weighted by atomic mass is 19.4. The number of rotatable bonds is 7. The minimum Gasteiger partial charge on any atom is -0.350 e. The summed E-state index contributed by atoms with van der Waals surface area (Å²) in [5, 5.41) is -3.51. The molecule has 1 saturated heterocycles. The van der Waals surface area contributed by atoms with Crippen molar-refractivity contribution in [3.05, 3.63) is 0 Å². The molecule has 1 heterocycles. The van der Waals surface area contributed by atoms with Crippen molar-refractivity contribution in [2.45, 2.75) is 53.8 Å². The third-order valence-electron chi connectivity index (χ3n) is 4.96. The van der Waals surface area contributed by atoms with Gasteiger partial charge in [0.1, 0.15) is 0 Å². The van der Waals surface area contributed by atoms with Gasteiger partial charge in [0, 0.05) is 13.0 Å². The zero-order valence-electron chi connectivity index (χ0n) is 17.5. The quantitative estimate of drug-likeness (QED) is 0.165. The van der Waals surface area contributed by atoms with Gasteiger partial charge in [-0.05, 0) is 5.12 Å². The molecule has 0 spiro atoms. The number of hydrogen-bond acceptors (Lipinski definition) is 2. The number of piperidine rings is 1. The van der Waals surface area contributed by atoms with Crippen LogP contribution in [0.3, 0.4) is 0 Å². The van der Waals surface area contributed by atoms with Crippen molar-refractivity contribution >= 4 is 5.91 Å². The molecule has 0 aromatic heterocycles. The van der Waals surface area contributed by atoms with Crippen molar-refractivity contribution in [2.75, 3.05) is 34.2 Å². The van der Waals surface area contributed by atoms with E-state index in [4.69, 9.17) is 0 Å². The van der Waals surface area contributed by atoms with E-state index < -0.39 is 64.9 Å². The van der Waals surface area contributed by atoms with Gasteiger partial charge >= 0.3 is 47.4 Å². The molecular formula is C15H16F16N3O+. The molecule has 35 heavy (non-hydrogen) atoms. The highest BCUT2D eigenvalue weighted by Gasteiger charge is 3.05. The number of carbonyl (C=O) groups is 1. The fourth-order valence-corrected chi connectivity index (χ4v) is 3.00. The Kier molecular flexibility index (Phi) is 7.28. The Morgan fingerprint density at radius 1 is 0.829 bits per heavy atom. The minimum absolute atomic E-state index is 0.0207. The van der Waals surface area contributed by atoms with Crippen LogP contribution in [-0.2, 0) is 4.79 Å².